The first-order valence-corrected chi connectivity index (χ1v) is 7.31. The largest absolute Gasteiger partial charge is 0.383 e. The van der Waals surface area contributed by atoms with Crippen LogP contribution in [0.3, 0.4) is 0 Å². The van der Waals surface area contributed by atoms with Crippen molar-refractivity contribution in [1.82, 2.24) is 10.2 Å². The maximum Gasteiger partial charge on any atom is 0.0620 e. The third-order valence-corrected chi connectivity index (χ3v) is 3.81. The van der Waals surface area contributed by atoms with Gasteiger partial charge in [0.1, 0.15) is 0 Å². The quantitative estimate of drug-likeness (QED) is 0.789. The number of nitrogens with one attached hydrogen (secondary N) is 1. The summed E-state index contributed by atoms with van der Waals surface area (Å²) in [5.74, 6) is 1.46. The fourth-order valence-electron chi connectivity index (χ4n) is 2.67. The minimum Gasteiger partial charge on any atom is -0.383 e. The number of hydrogen-bond donors (Lipinski definition) is 1. The second kappa shape index (κ2) is 6.88. The van der Waals surface area contributed by atoms with Crippen molar-refractivity contribution < 1.29 is 4.74 Å². The molecule has 1 saturated heterocycles. The van der Waals surface area contributed by atoms with Crippen LogP contribution < -0.4 is 5.32 Å². The summed E-state index contributed by atoms with van der Waals surface area (Å²) >= 11 is 0. The van der Waals surface area contributed by atoms with E-state index in [4.69, 9.17) is 4.74 Å². The highest BCUT2D eigenvalue weighted by Crippen LogP contribution is 2.22. The maximum atomic E-state index is 5.37. The summed E-state index contributed by atoms with van der Waals surface area (Å²) in [5, 5.41) is 3.63. The molecule has 1 fully saturated rings. The Morgan fingerprint density at radius 3 is 2.50 bits per heavy atom. The molecule has 0 aromatic rings. The Balaban J connectivity index is 2.39. The van der Waals surface area contributed by atoms with Gasteiger partial charge in [0.2, 0.25) is 0 Å². The average molecular weight is 256 g/mol. The zero-order valence-electron chi connectivity index (χ0n) is 13.1. The number of hydrogen-bond acceptors (Lipinski definition) is 3. The molecule has 0 radical (unpaired) electrons. The molecule has 0 bridgehead atoms. The van der Waals surface area contributed by atoms with Crippen LogP contribution in [0, 0.1) is 11.8 Å². The molecule has 0 spiro atoms. The van der Waals surface area contributed by atoms with E-state index in [1.165, 1.54) is 19.5 Å². The van der Waals surface area contributed by atoms with Crippen LogP contribution in [-0.4, -0.2) is 49.8 Å². The zero-order valence-corrected chi connectivity index (χ0v) is 13.1. The first-order chi connectivity index (χ1) is 8.33. The monoisotopic (exact) mass is 256 g/mol. The van der Waals surface area contributed by atoms with Gasteiger partial charge in [0.05, 0.1) is 6.61 Å². The molecule has 3 heteroatoms. The van der Waals surface area contributed by atoms with Gasteiger partial charge in [0, 0.05) is 25.2 Å². The third-order valence-electron chi connectivity index (χ3n) is 3.81. The first-order valence-electron chi connectivity index (χ1n) is 7.31. The summed E-state index contributed by atoms with van der Waals surface area (Å²) in [7, 11) is 1.81. The predicted octanol–water partition coefficient (Wildman–Crippen LogP) is 2.37. The molecule has 1 aliphatic heterocycles. The molecule has 1 rings (SSSR count). The Bertz CT molecular complexity index is 235. The van der Waals surface area contributed by atoms with Crippen LogP contribution in [-0.2, 0) is 4.74 Å². The highest BCUT2D eigenvalue weighted by molar-refractivity contribution is 4.85. The SMILES string of the molecule is COCC(C(C)C)N1CCC(CNC(C)(C)C)C1. The van der Waals surface area contributed by atoms with Gasteiger partial charge in [0.15, 0.2) is 0 Å². The van der Waals surface area contributed by atoms with Gasteiger partial charge in [-0.15, -0.1) is 0 Å². The van der Waals surface area contributed by atoms with Crippen molar-refractivity contribution in [3.8, 4) is 0 Å². The van der Waals surface area contributed by atoms with Crippen LogP contribution in [0.25, 0.3) is 0 Å². The van der Waals surface area contributed by atoms with Crippen LogP contribution >= 0.6 is 0 Å². The van der Waals surface area contributed by atoms with E-state index in [-0.39, 0.29) is 5.54 Å². The van der Waals surface area contributed by atoms with E-state index in [9.17, 15) is 0 Å². The van der Waals surface area contributed by atoms with Gasteiger partial charge < -0.3 is 10.1 Å². The van der Waals surface area contributed by atoms with Crippen LogP contribution in [0.4, 0.5) is 0 Å². The summed E-state index contributed by atoms with van der Waals surface area (Å²) in [6.45, 7) is 15.7. The smallest absolute Gasteiger partial charge is 0.0620 e. The Hall–Kier alpha value is -0.120. The molecular formula is C15H32N2O. The van der Waals surface area contributed by atoms with Gasteiger partial charge in [-0.2, -0.15) is 0 Å². The standard InChI is InChI=1S/C15H32N2O/c1-12(2)14(11-18-6)17-8-7-13(10-17)9-16-15(3,4)5/h12-14,16H,7-11H2,1-6H3. The molecule has 108 valence electrons. The summed E-state index contributed by atoms with van der Waals surface area (Å²) in [6.07, 6.45) is 1.32. The lowest BCUT2D eigenvalue weighted by molar-refractivity contribution is 0.0767. The molecule has 1 aliphatic rings. The molecule has 0 aliphatic carbocycles. The Labute approximate surface area is 113 Å². The van der Waals surface area contributed by atoms with E-state index >= 15 is 0 Å². The van der Waals surface area contributed by atoms with Gasteiger partial charge in [-0.3, -0.25) is 4.90 Å². The van der Waals surface area contributed by atoms with Gasteiger partial charge >= 0.3 is 0 Å². The van der Waals surface area contributed by atoms with Crippen molar-refractivity contribution in [3.63, 3.8) is 0 Å². The molecule has 0 amide bonds. The van der Waals surface area contributed by atoms with Crippen molar-refractivity contribution >= 4 is 0 Å². The van der Waals surface area contributed by atoms with Gasteiger partial charge in [-0.05, 0) is 52.1 Å². The molecule has 18 heavy (non-hydrogen) atoms. The van der Waals surface area contributed by atoms with E-state index in [1.54, 1.807) is 0 Å². The first kappa shape index (κ1) is 15.9. The molecular weight excluding hydrogens is 224 g/mol. The molecule has 2 atom stereocenters. The van der Waals surface area contributed by atoms with E-state index in [2.05, 4.69) is 44.8 Å². The lowest BCUT2D eigenvalue weighted by atomic mass is 10.0. The van der Waals surface area contributed by atoms with E-state index in [0.29, 0.717) is 12.0 Å². The molecule has 1 N–H and O–H groups in total. The fourth-order valence-corrected chi connectivity index (χ4v) is 2.67. The van der Waals surface area contributed by atoms with E-state index < -0.39 is 0 Å². The molecule has 2 unspecified atom stereocenters. The Kier molecular flexibility index (Phi) is 6.09. The van der Waals surface area contributed by atoms with Crippen molar-refractivity contribution in [3.05, 3.63) is 0 Å². The number of methoxy groups -OCH3 is 1. The number of rotatable bonds is 6. The van der Waals surface area contributed by atoms with Crippen molar-refractivity contribution in [2.24, 2.45) is 11.8 Å². The topological polar surface area (TPSA) is 24.5 Å². The summed E-state index contributed by atoms with van der Waals surface area (Å²) in [4.78, 5) is 2.61. The fraction of sp³-hybridized carbons (Fsp3) is 1.00. The van der Waals surface area contributed by atoms with E-state index in [0.717, 1.165) is 19.1 Å². The molecule has 0 saturated carbocycles. The number of likely N-dealkylation sites (tertiary alicyclic amines) is 1. The van der Waals surface area contributed by atoms with Crippen LogP contribution in [0.1, 0.15) is 41.0 Å². The zero-order chi connectivity index (χ0) is 13.8. The van der Waals surface area contributed by atoms with Gasteiger partial charge in [-0.1, -0.05) is 13.8 Å². The number of ether oxygens (including phenoxy) is 1. The molecule has 1 heterocycles. The summed E-state index contributed by atoms with van der Waals surface area (Å²) < 4.78 is 5.37. The predicted molar refractivity (Wildman–Crippen MR) is 77.9 cm³/mol. The highest BCUT2D eigenvalue weighted by atomic mass is 16.5. The van der Waals surface area contributed by atoms with Gasteiger partial charge in [0.25, 0.3) is 0 Å². The van der Waals surface area contributed by atoms with Crippen LogP contribution in [0.2, 0.25) is 0 Å². The summed E-state index contributed by atoms with van der Waals surface area (Å²) in [6, 6.07) is 0.578. The van der Waals surface area contributed by atoms with Crippen LogP contribution in [0.15, 0.2) is 0 Å². The number of nitrogens with zero attached hydrogens (tertiary/aromatic N) is 1. The van der Waals surface area contributed by atoms with Crippen LogP contribution in [0.5, 0.6) is 0 Å². The average Bonchev–Trinajstić information content (AvgIpc) is 2.70. The van der Waals surface area contributed by atoms with Crippen molar-refractivity contribution in [2.75, 3.05) is 33.4 Å². The highest BCUT2D eigenvalue weighted by Gasteiger charge is 2.30. The molecule has 0 aromatic carbocycles. The second-order valence-corrected chi connectivity index (χ2v) is 7.05. The lowest BCUT2D eigenvalue weighted by Crippen LogP contribution is -2.42. The van der Waals surface area contributed by atoms with Crippen molar-refractivity contribution in [1.29, 1.82) is 0 Å². The minimum atomic E-state index is 0.234. The van der Waals surface area contributed by atoms with Crippen molar-refractivity contribution in [2.45, 2.75) is 52.6 Å². The Morgan fingerprint density at radius 2 is 2.00 bits per heavy atom. The summed E-state index contributed by atoms with van der Waals surface area (Å²) in [5.41, 5.74) is 0.234. The molecule has 0 aromatic heterocycles. The molecule has 3 nitrogen and oxygen atoms in total. The normalized spacial score (nSPS) is 23.8. The Morgan fingerprint density at radius 1 is 1.33 bits per heavy atom. The third kappa shape index (κ3) is 5.25. The minimum absolute atomic E-state index is 0.234. The van der Waals surface area contributed by atoms with Gasteiger partial charge in [-0.25, -0.2) is 0 Å². The van der Waals surface area contributed by atoms with E-state index in [1.807, 2.05) is 7.11 Å². The lowest BCUT2D eigenvalue weighted by Gasteiger charge is -2.31. The maximum absolute atomic E-state index is 5.37. The second-order valence-electron chi connectivity index (χ2n) is 7.05.